The monoisotopic (exact) mass is 554 g/mol. The number of sulfonamides is 1. The molecule has 2 aliphatic rings. The first-order valence-electron chi connectivity index (χ1n) is 13.5. The van der Waals surface area contributed by atoms with Crippen molar-refractivity contribution in [3.8, 4) is 11.8 Å². The zero-order valence-electron chi connectivity index (χ0n) is 23.1. The van der Waals surface area contributed by atoms with Crippen LogP contribution in [-0.2, 0) is 26.1 Å². The van der Waals surface area contributed by atoms with Gasteiger partial charge in [0.15, 0.2) is 0 Å². The van der Waals surface area contributed by atoms with Crippen LogP contribution >= 0.6 is 0 Å². The summed E-state index contributed by atoms with van der Waals surface area (Å²) in [6, 6.07) is 13.0. The highest BCUT2D eigenvalue weighted by Gasteiger charge is 2.36. The van der Waals surface area contributed by atoms with Crippen LogP contribution in [0.15, 0.2) is 41.3 Å². The highest BCUT2D eigenvalue weighted by atomic mass is 32.2. The number of carbonyl (C=O) groups is 1. The van der Waals surface area contributed by atoms with Crippen molar-refractivity contribution in [2.75, 3.05) is 53.0 Å². The third kappa shape index (κ3) is 6.97. The predicted octanol–water partition coefficient (Wildman–Crippen LogP) is 3.09. The lowest BCUT2D eigenvalue weighted by Crippen LogP contribution is -2.50. The molecule has 0 bridgehead atoms. The molecule has 4 rings (SSSR count). The SMILES string of the molecule is COc1cc(C)c(S(=O)(=O)N2CCCCC2COCC(=O)N2CCN(Cc3cccc(C#N)c3)CC2)c(C)c1. The lowest BCUT2D eigenvalue weighted by molar-refractivity contribution is -0.138. The van der Waals surface area contributed by atoms with Gasteiger partial charge in [0.05, 0.1) is 30.2 Å². The summed E-state index contributed by atoms with van der Waals surface area (Å²) in [7, 11) is -2.16. The Kier molecular flexibility index (Phi) is 9.62. The molecule has 210 valence electrons. The number of nitriles is 1. The van der Waals surface area contributed by atoms with Crippen LogP contribution in [0.3, 0.4) is 0 Å². The maximum Gasteiger partial charge on any atom is 0.248 e. The molecule has 0 aliphatic carbocycles. The topological polar surface area (TPSA) is 103 Å². The number of piperidine rings is 1. The highest BCUT2D eigenvalue weighted by molar-refractivity contribution is 7.89. The molecule has 10 heteroatoms. The van der Waals surface area contributed by atoms with Crippen molar-refractivity contribution in [3.05, 3.63) is 58.7 Å². The van der Waals surface area contributed by atoms with Crippen LogP contribution in [0.5, 0.6) is 5.75 Å². The van der Waals surface area contributed by atoms with Gasteiger partial charge in [0.1, 0.15) is 12.4 Å². The molecule has 2 aromatic carbocycles. The first-order valence-corrected chi connectivity index (χ1v) is 14.9. The number of piperazine rings is 1. The van der Waals surface area contributed by atoms with Gasteiger partial charge in [-0.1, -0.05) is 18.6 Å². The fourth-order valence-corrected chi connectivity index (χ4v) is 7.63. The summed E-state index contributed by atoms with van der Waals surface area (Å²) in [6.45, 7) is 7.61. The van der Waals surface area contributed by atoms with Gasteiger partial charge in [0.2, 0.25) is 15.9 Å². The van der Waals surface area contributed by atoms with E-state index in [1.165, 1.54) is 0 Å². The van der Waals surface area contributed by atoms with Crippen LogP contribution in [0.4, 0.5) is 0 Å². The zero-order valence-corrected chi connectivity index (χ0v) is 23.9. The third-order valence-corrected chi connectivity index (χ3v) is 9.79. The lowest BCUT2D eigenvalue weighted by Gasteiger charge is -2.36. The average molecular weight is 555 g/mol. The summed E-state index contributed by atoms with van der Waals surface area (Å²) in [5.41, 5.74) is 3.05. The van der Waals surface area contributed by atoms with Crippen molar-refractivity contribution >= 4 is 15.9 Å². The molecule has 2 aromatic rings. The van der Waals surface area contributed by atoms with Crippen LogP contribution in [0.25, 0.3) is 0 Å². The second kappa shape index (κ2) is 12.9. The number of amides is 1. The van der Waals surface area contributed by atoms with E-state index < -0.39 is 10.0 Å². The summed E-state index contributed by atoms with van der Waals surface area (Å²) in [6.07, 6.45) is 2.43. The Labute approximate surface area is 232 Å². The van der Waals surface area contributed by atoms with E-state index >= 15 is 0 Å². The van der Waals surface area contributed by atoms with E-state index in [0.29, 0.717) is 53.4 Å². The van der Waals surface area contributed by atoms with E-state index in [2.05, 4.69) is 11.0 Å². The van der Waals surface area contributed by atoms with Gasteiger partial charge < -0.3 is 14.4 Å². The van der Waals surface area contributed by atoms with Gasteiger partial charge in [-0.15, -0.1) is 0 Å². The molecular weight excluding hydrogens is 516 g/mol. The number of aryl methyl sites for hydroxylation is 2. The molecule has 1 unspecified atom stereocenters. The fraction of sp³-hybridized carbons (Fsp3) is 0.517. The minimum Gasteiger partial charge on any atom is -0.497 e. The Balaban J connectivity index is 1.30. The molecule has 9 nitrogen and oxygen atoms in total. The number of ether oxygens (including phenoxy) is 2. The molecule has 2 fully saturated rings. The van der Waals surface area contributed by atoms with Crippen molar-refractivity contribution in [2.45, 2.75) is 50.6 Å². The molecule has 2 saturated heterocycles. The van der Waals surface area contributed by atoms with Crippen molar-refractivity contribution in [1.29, 1.82) is 5.26 Å². The lowest BCUT2D eigenvalue weighted by atomic mass is 10.1. The van der Waals surface area contributed by atoms with E-state index in [9.17, 15) is 13.2 Å². The van der Waals surface area contributed by atoms with Crippen LogP contribution in [0, 0.1) is 25.2 Å². The smallest absolute Gasteiger partial charge is 0.248 e. The van der Waals surface area contributed by atoms with Crippen molar-refractivity contribution < 1.29 is 22.7 Å². The second-order valence-corrected chi connectivity index (χ2v) is 12.2. The standard InChI is InChI=1S/C29H38N4O5S/c1-22-15-27(37-3)16-23(2)29(22)39(35,36)33-10-5-4-9-26(33)20-38-21-28(34)32-13-11-31(12-14-32)19-25-8-6-7-24(17-25)18-30/h6-8,15-17,26H,4-5,9-14,19-21H2,1-3H3. The maximum absolute atomic E-state index is 13.7. The van der Waals surface area contributed by atoms with Crippen LogP contribution in [-0.4, -0.2) is 87.5 Å². The molecule has 2 aliphatic heterocycles. The fourth-order valence-electron chi connectivity index (χ4n) is 5.54. The van der Waals surface area contributed by atoms with Gasteiger partial charge >= 0.3 is 0 Å². The predicted molar refractivity (Wildman–Crippen MR) is 148 cm³/mol. The van der Waals surface area contributed by atoms with E-state index in [4.69, 9.17) is 14.7 Å². The Bertz CT molecular complexity index is 1290. The number of nitrogens with zero attached hydrogens (tertiary/aromatic N) is 4. The minimum absolute atomic E-state index is 0.0603. The first kappa shape index (κ1) is 29.0. The molecule has 0 spiro atoms. The van der Waals surface area contributed by atoms with Crippen LogP contribution < -0.4 is 4.74 Å². The number of benzene rings is 2. The normalized spacial score (nSPS) is 19.0. The zero-order chi connectivity index (χ0) is 28.0. The molecular formula is C29H38N4O5S. The Morgan fingerprint density at radius 1 is 1.05 bits per heavy atom. The Morgan fingerprint density at radius 2 is 1.77 bits per heavy atom. The molecule has 1 atom stereocenters. The summed E-state index contributed by atoms with van der Waals surface area (Å²) in [4.78, 5) is 17.2. The van der Waals surface area contributed by atoms with Crippen molar-refractivity contribution in [1.82, 2.24) is 14.1 Å². The summed E-state index contributed by atoms with van der Waals surface area (Å²) in [5, 5.41) is 9.11. The van der Waals surface area contributed by atoms with Crippen LogP contribution in [0.1, 0.15) is 41.5 Å². The third-order valence-electron chi connectivity index (χ3n) is 7.53. The number of rotatable bonds is 9. The first-order chi connectivity index (χ1) is 18.7. The maximum atomic E-state index is 13.7. The summed E-state index contributed by atoms with van der Waals surface area (Å²) < 4.78 is 40.1. The molecule has 0 aromatic heterocycles. The molecule has 2 heterocycles. The number of hydrogen-bond donors (Lipinski definition) is 0. The molecule has 39 heavy (non-hydrogen) atoms. The van der Waals surface area contributed by atoms with Gasteiger partial charge in [-0.05, 0) is 67.6 Å². The largest absolute Gasteiger partial charge is 0.497 e. The average Bonchev–Trinajstić information content (AvgIpc) is 2.93. The summed E-state index contributed by atoms with van der Waals surface area (Å²) >= 11 is 0. The Hall–Kier alpha value is -2.97. The van der Waals surface area contributed by atoms with Crippen molar-refractivity contribution in [3.63, 3.8) is 0 Å². The van der Waals surface area contributed by atoms with Gasteiger partial charge in [0.25, 0.3) is 0 Å². The van der Waals surface area contributed by atoms with Crippen LogP contribution in [0.2, 0.25) is 0 Å². The van der Waals surface area contributed by atoms with Gasteiger partial charge in [-0.2, -0.15) is 9.57 Å². The number of methoxy groups -OCH3 is 1. The van der Waals surface area contributed by atoms with E-state index in [-0.39, 0.29) is 25.2 Å². The minimum atomic E-state index is -3.73. The van der Waals surface area contributed by atoms with E-state index in [0.717, 1.165) is 38.0 Å². The Morgan fingerprint density at radius 3 is 2.44 bits per heavy atom. The number of carbonyl (C=O) groups excluding carboxylic acids is 1. The quantitative estimate of drug-likeness (QED) is 0.469. The van der Waals surface area contributed by atoms with Gasteiger partial charge in [-0.3, -0.25) is 9.69 Å². The molecule has 0 saturated carbocycles. The van der Waals surface area contributed by atoms with Gasteiger partial charge in [-0.25, -0.2) is 8.42 Å². The van der Waals surface area contributed by atoms with E-state index in [1.54, 1.807) is 43.5 Å². The number of hydrogen-bond acceptors (Lipinski definition) is 7. The van der Waals surface area contributed by atoms with E-state index in [1.807, 2.05) is 23.1 Å². The highest BCUT2D eigenvalue weighted by Crippen LogP contribution is 2.32. The summed E-state index contributed by atoms with van der Waals surface area (Å²) in [5.74, 6) is 0.559. The molecule has 0 radical (unpaired) electrons. The van der Waals surface area contributed by atoms with Crippen molar-refractivity contribution in [2.24, 2.45) is 0 Å². The van der Waals surface area contributed by atoms with Gasteiger partial charge in [0, 0.05) is 45.3 Å². The second-order valence-electron chi connectivity index (χ2n) is 10.3. The molecule has 1 amide bonds. The molecule has 0 N–H and O–H groups in total.